The van der Waals surface area contributed by atoms with Crippen LogP contribution in [0.15, 0.2) is 6.20 Å². The van der Waals surface area contributed by atoms with E-state index in [0.29, 0.717) is 0 Å². The van der Waals surface area contributed by atoms with E-state index in [-0.39, 0.29) is 0 Å². The van der Waals surface area contributed by atoms with Gasteiger partial charge in [-0.1, -0.05) is 20.3 Å². The highest BCUT2D eigenvalue weighted by molar-refractivity contribution is 5.23. The van der Waals surface area contributed by atoms with Crippen LogP contribution in [0.4, 0.5) is 0 Å². The number of nitrogens with zero attached hydrogens (tertiary/aromatic N) is 2. The van der Waals surface area contributed by atoms with Crippen molar-refractivity contribution in [1.82, 2.24) is 15.3 Å². The third kappa shape index (κ3) is 5.13. The number of unbranched alkanes of at least 4 members (excludes halogenated alkanes) is 1. The minimum absolute atomic E-state index is 0.730. The summed E-state index contributed by atoms with van der Waals surface area (Å²) in [5.41, 5.74) is 1.04. The van der Waals surface area contributed by atoms with Gasteiger partial charge in [0.15, 0.2) is 0 Å². The highest BCUT2D eigenvalue weighted by Crippen LogP contribution is 2.14. The maximum Gasteiger partial charge on any atom is 0.221 e. The van der Waals surface area contributed by atoms with E-state index in [1.54, 1.807) is 0 Å². The minimum Gasteiger partial charge on any atom is -0.477 e. The van der Waals surface area contributed by atoms with Gasteiger partial charge >= 0.3 is 0 Å². The first kappa shape index (κ1) is 13.9. The van der Waals surface area contributed by atoms with Crippen molar-refractivity contribution in [2.24, 2.45) is 0 Å². The summed E-state index contributed by atoms with van der Waals surface area (Å²) in [7, 11) is 0. The zero-order valence-corrected chi connectivity index (χ0v) is 11.1. The number of nitrogens with one attached hydrogen (secondary N) is 1. The Hall–Kier alpha value is -1.16. The van der Waals surface area contributed by atoms with E-state index < -0.39 is 0 Å². The molecular weight excluding hydrogens is 214 g/mol. The van der Waals surface area contributed by atoms with Gasteiger partial charge in [-0.2, -0.15) is 4.98 Å². The van der Waals surface area contributed by atoms with Gasteiger partial charge in [-0.3, -0.25) is 0 Å². The molecule has 0 aliphatic rings. The van der Waals surface area contributed by atoms with Crippen molar-refractivity contribution in [2.75, 3.05) is 13.2 Å². The summed E-state index contributed by atoms with van der Waals surface area (Å²) in [6.07, 6.45) is 5.17. The number of hydrogen-bond acceptors (Lipinski definition) is 4. The van der Waals surface area contributed by atoms with Crippen molar-refractivity contribution in [1.29, 1.82) is 0 Å². The number of aromatic nitrogens is 2. The first-order valence-corrected chi connectivity index (χ1v) is 6.44. The Morgan fingerprint density at radius 3 is 2.82 bits per heavy atom. The molecule has 1 aromatic rings. The van der Waals surface area contributed by atoms with E-state index in [4.69, 9.17) is 4.74 Å². The van der Waals surface area contributed by atoms with Gasteiger partial charge < -0.3 is 10.1 Å². The van der Waals surface area contributed by atoms with Crippen molar-refractivity contribution in [2.45, 2.75) is 46.6 Å². The molecular formula is C13H23N3O. The Kier molecular flexibility index (Phi) is 6.55. The molecule has 1 aromatic heterocycles. The predicted molar refractivity (Wildman–Crippen MR) is 69.2 cm³/mol. The highest BCUT2D eigenvalue weighted by atomic mass is 16.5. The molecule has 0 radical (unpaired) electrons. The van der Waals surface area contributed by atoms with Gasteiger partial charge in [0.05, 0.1) is 6.61 Å². The molecule has 0 fully saturated rings. The number of ether oxygens (including phenoxy) is 1. The van der Waals surface area contributed by atoms with Crippen molar-refractivity contribution in [3.05, 3.63) is 17.6 Å². The van der Waals surface area contributed by atoms with Crippen LogP contribution >= 0.6 is 0 Å². The van der Waals surface area contributed by atoms with Crippen LogP contribution in [0.25, 0.3) is 0 Å². The smallest absolute Gasteiger partial charge is 0.221 e. The van der Waals surface area contributed by atoms with Crippen LogP contribution in [0, 0.1) is 6.92 Å². The molecule has 0 saturated heterocycles. The number of aryl methyl sites for hydroxylation is 1. The molecule has 0 aliphatic carbocycles. The van der Waals surface area contributed by atoms with Crippen molar-refractivity contribution in [3.8, 4) is 5.88 Å². The lowest BCUT2D eigenvalue weighted by Gasteiger charge is -2.10. The predicted octanol–water partition coefficient (Wildman–Crippen LogP) is 2.46. The molecule has 17 heavy (non-hydrogen) atoms. The van der Waals surface area contributed by atoms with Crippen LogP contribution in [0.3, 0.4) is 0 Å². The fourth-order valence-electron chi connectivity index (χ4n) is 1.43. The van der Waals surface area contributed by atoms with Gasteiger partial charge in [-0.15, -0.1) is 0 Å². The van der Waals surface area contributed by atoms with E-state index in [0.717, 1.165) is 56.2 Å². The molecule has 0 saturated carbocycles. The largest absolute Gasteiger partial charge is 0.477 e. The summed E-state index contributed by atoms with van der Waals surface area (Å²) < 4.78 is 5.70. The Morgan fingerprint density at radius 1 is 1.29 bits per heavy atom. The molecule has 0 bridgehead atoms. The summed E-state index contributed by atoms with van der Waals surface area (Å²) in [6, 6.07) is 0. The second-order valence-electron chi connectivity index (χ2n) is 4.13. The molecule has 0 atom stereocenters. The summed E-state index contributed by atoms with van der Waals surface area (Å²) in [4.78, 5) is 8.57. The SMILES string of the molecule is CCCCOc1nc(C)ncc1CNCCC. The van der Waals surface area contributed by atoms with Crippen LogP contribution in [0.2, 0.25) is 0 Å². The molecule has 1 rings (SSSR count). The van der Waals surface area contributed by atoms with Gasteiger partial charge in [-0.05, 0) is 26.3 Å². The molecule has 0 aliphatic heterocycles. The van der Waals surface area contributed by atoms with Gasteiger partial charge in [0, 0.05) is 18.3 Å². The molecule has 4 heteroatoms. The van der Waals surface area contributed by atoms with E-state index in [1.165, 1.54) is 0 Å². The lowest BCUT2D eigenvalue weighted by Crippen LogP contribution is -2.16. The second kappa shape index (κ2) is 8.01. The van der Waals surface area contributed by atoms with E-state index in [2.05, 4.69) is 29.1 Å². The first-order valence-electron chi connectivity index (χ1n) is 6.44. The molecule has 0 unspecified atom stereocenters. The van der Waals surface area contributed by atoms with Gasteiger partial charge in [-0.25, -0.2) is 4.98 Å². The lowest BCUT2D eigenvalue weighted by atomic mass is 10.3. The molecule has 1 heterocycles. The summed E-state index contributed by atoms with van der Waals surface area (Å²) >= 11 is 0. The highest BCUT2D eigenvalue weighted by Gasteiger charge is 2.06. The molecule has 4 nitrogen and oxygen atoms in total. The Bertz CT molecular complexity index is 328. The maximum absolute atomic E-state index is 5.70. The Labute approximate surface area is 104 Å². The maximum atomic E-state index is 5.70. The van der Waals surface area contributed by atoms with Gasteiger partial charge in [0.25, 0.3) is 0 Å². The zero-order chi connectivity index (χ0) is 12.5. The molecule has 0 aromatic carbocycles. The Morgan fingerprint density at radius 2 is 2.12 bits per heavy atom. The normalized spacial score (nSPS) is 10.5. The first-order chi connectivity index (χ1) is 8.27. The zero-order valence-electron chi connectivity index (χ0n) is 11.1. The van der Waals surface area contributed by atoms with Crippen LogP contribution < -0.4 is 10.1 Å². The standard InChI is InChI=1S/C13H23N3O/c1-4-6-8-17-13-12(9-14-7-5-2)10-15-11(3)16-13/h10,14H,4-9H2,1-3H3. The Balaban J connectivity index is 2.59. The van der Waals surface area contributed by atoms with E-state index >= 15 is 0 Å². The third-order valence-corrected chi connectivity index (χ3v) is 2.42. The molecule has 0 amide bonds. The van der Waals surface area contributed by atoms with Crippen LogP contribution in [0.5, 0.6) is 5.88 Å². The van der Waals surface area contributed by atoms with E-state index in [1.807, 2.05) is 13.1 Å². The summed E-state index contributed by atoms with van der Waals surface area (Å²) in [5, 5.41) is 3.34. The average Bonchev–Trinajstić information content (AvgIpc) is 2.32. The van der Waals surface area contributed by atoms with Crippen LogP contribution in [-0.4, -0.2) is 23.1 Å². The summed E-state index contributed by atoms with van der Waals surface area (Å²) in [5.74, 6) is 1.49. The molecule has 0 spiro atoms. The topological polar surface area (TPSA) is 47.0 Å². The minimum atomic E-state index is 0.730. The number of hydrogen-bond donors (Lipinski definition) is 1. The van der Waals surface area contributed by atoms with Crippen LogP contribution in [0.1, 0.15) is 44.5 Å². The van der Waals surface area contributed by atoms with E-state index in [9.17, 15) is 0 Å². The second-order valence-corrected chi connectivity index (χ2v) is 4.13. The van der Waals surface area contributed by atoms with Gasteiger partial charge in [0.2, 0.25) is 5.88 Å². The fraction of sp³-hybridized carbons (Fsp3) is 0.692. The van der Waals surface area contributed by atoms with Crippen molar-refractivity contribution < 1.29 is 4.74 Å². The van der Waals surface area contributed by atoms with Crippen LogP contribution in [-0.2, 0) is 6.54 Å². The fourth-order valence-corrected chi connectivity index (χ4v) is 1.43. The van der Waals surface area contributed by atoms with Crippen molar-refractivity contribution in [3.63, 3.8) is 0 Å². The summed E-state index contributed by atoms with van der Waals surface area (Å²) in [6.45, 7) is 8.69. The van der Waals surface area contributed by atoms with Crippen molar-refractivity contribution >= 4 is 0 Å². The monoisotopic (exact) mass is 237 g/mol. The molecule has 96 valence electrons. The number of rotatable bonds is 8. The average molecular weight is 237 g/mol. The quantitative estimate of drug-likeness (QED) is 0.706. The lowest BCUT2D eigenvalue weighted by molar-refractivity contribution is 0.292. The van der Waals surface area contributed by atoms with Gasteiger partial charge in [0.1, 0.15) is 5.82 Å². The molecule has 1 N–H and O–H groups in total. The third-order valence-electron chi connectivity index (χ3n) is 2.42.